The van der Waals surface area contributed by atoms with Crippen LogP contribution < -0.4 is 5.73 Å². The quantitative estimate of drug-likeness (QED) is 0.728. The second-order valence-electron chi connectivity index (χ2n) is 5.11. The lowest BCUT2D eigenvalue weighted by atomic mass is 10.1. The third kappa shape index (κ3) is 1.81. The lowest BCUT2D eigenvalue weighted by molar-refractivity contribution is 0.767. The van der Waals surface area contributed by atoms with Gasteiger partial charge in [-0.05, 0) is 43.2 Å². The molecule has 5 heteroatoms. The Morgan fingerprint density at radius 1 is 1.25 bits per heavy atom. The van der Waals surface area contributed by atoms with Crippen molar-refractivity contribution in [3.63, 3.8) is 0 Å². The van der Waals surface area contributed by atoms with Crippen molar-refractivity contribution in [2.24, 2.45) is 0 Å². The molecule has 0 amide bonds. The average molecular weight is 329 g/mol. The minimum atomic E-state index is 0.507. The summed E-state index contributed by atoms with van der Waals surface area (Å²) in [5.41, 5.74) is 9.74. The molecule has 0 bridgehead atoms. The normalized spacial score (nSPS) is 14.8. The summed E-state index contributed by atoms with van der Waals surface area (Å²) in [5.74, 6) is 0.922. The number of imidazole rings is 1. The Bertz CT molecular complexity index is 805. The van der Waals surface area contributed by atoms with Gasteiger partial charge in [0, 0.05) is 28.0 Å². The Morgan fingerprint density at radius 3 is 2.85 bits per heavy atom. The van der Waals surface area contributed by atoms with Crippen molar-refractivity contribution in [1.29, 1.82) is 0 Å². The average Bonchev–Trinajstić information content (AvgIpc) is 3.19. The van der Waals surface area contributed by atoms with Crippen LogP contribution in [0, 0.1) is 0 Å². The van der Waals surface area contributed by atoms with Gasteiger partial charge in [0.1, 0.15) is 11.3 Å². The molecule has 1 aromatic carbocycles. The lowest BCUT2D eigenvalue weighted by Crippen LogP contribution is -2.00. The summed E-state index contributed by atoms with van der Waals surface area (Å²) in [6.45, 7) is 0. The number of nitrogens with two attached hydrogens (primary N) is 1. The number of halogens is 1. The van der Waals surface area contributed by atoms with E-state index in [1.807, 2.05) is 36.5 Å². The van der Waals surface area contributed by atoms with Crippen LogP contribution in [0.3, 0.4) is 0 Å². The molecule has 1 fully saturated rings. The van der Waals surface area contributed by atoms with Crippen molar-refractivity contribution in [2.75, 3.05) is 5.73 Å². The molecule has 4 nitrogen and oxygen atoms in total. The van der Waals surface area contributed by atoms with Gasteiger partial charge >= 0.3 is 0 Å². The monoisotopic (exact) mass is 328 g/mol. The first-order valence-corrected chi connectivity index (χ1v) is 7.41. The van der Waals surface area contributed by atoms with Gasteiger partial charge in [-0.1, -0.05) is 15.9 Å². The molecule has 2 heterocycles. The number of hydrogen-bond acceptors (Lipinski definition) is 3. The highest BCUT2D eigenvalue weighted by Crippen LogP contribution is 2.41. The van der Waals surface area contributed by atoms with E-state index < -0.39 is 0 Å². The van der Waals surface area contributed by atoms with Crippen molar-refractivity contribution in [2.45, 2.75) is 18.9 Å². The van der Waals surface area contributed by atoms with Gasteiger partial charge in [0.05, 0.1) is 0 Å². The first-order valence-electron chi connectivity index (χ1n) is 6.62. The van der Waals surface area contributed by atoms with E-state index in [0.717, 1.165) is 32.7 Å². The third-order valence-corrected chi connectivity index (χ3v) is 4.11. The number of rotatable bonds is 2. The van der Waals surface area contributed by atoms with Gasteiger partial charge in [-0.3, -0.25) is 0 Å². The van der Waals surface area contributed by atoms with E-state index in [-0.39, 0.29) is 0 Å². The molecule has 1 aliphatic carbocycles. The molecule has 3 aromatic rings. The molecule has 0 aliphatic heterocycles. The molecular formula is C15H13BrN4. The van der Waals surface area contributed by atoms with Gasteiger partial charge in [-0.25, -0.2) is 9.97 Å². The fraction of sp³-hybridized carbons (Fsp3) is 0.200. The van der Waals surface area contributed by atoms with Crippen molar-refractivity contribution in [3.05, 3.63) is 41.0 Å². The summed E-state index contributed by atoms with van der Waals surface area (Å²) in [5, 5.41) is 0. The molecule has 0 atom stereocenters. The van der Waals surface area contributed by atoms with E-state index in [9.17, 15) is 0 Å². The summed E-state index contributed by atoms with van der Waals surface area (Å²) in [6, 6.07) is 10.4. The Morgan fingerprint density at radius 2 is 2.10 bits per heavy atom. The Kier molecular flexibility index (Phi) is 2.57. The smallest absolute Gasteiger partial charge is 0.160 e. The predicted molar refractivity (Wildman–Crippen MR) is 83.3 cm³/mol. The van der Waals surface area contributed by atoms with E-state index in [2.05, 4.69) is 25.5 Å². The lowest BCUT2D eigenvalue weighted by Gasteiger charge is -2.09. The molecule has 0 spiro atoms. The number of fused-ring (bicyclic) bond motifs is 1. The molecule has 0 unspecified atom stereocenters. The van der Waals surface area contributed by atoms with E-state index in [4.69, 9.17) is 10.7 Å². The first kappa shape index (κ1) is 11.9. The SMILES string of the molecule is Nc1cc(Br)ccc1-c1nc2cccnc2n1C1CC1. The van der Waals surface area contributed by atoms with E-state index in [1.54, 1.807) is 0 Å². The summed E-state index contributed by atoms with van der Waals surface area (Å²) in [4.78, 5) is 9.23. The van der Waals surface area contributed by atoms with E-state index >= 15 is 0 Å². The number of anilines is 1. The molecule has 1 saturated carbocycles. The third-order valence-electron chi connectivity index (χ3n) is 3.62. The highest BCUT2D eigenvalue weighted by atomic mass is 79.9. The van der Waals surface area contributed by atoms with Crippen LogP contribution >= 0.6 is 15.9 Å². The Hall–Kier alpha value is -1.88. The Balaban J connectivity index is 2.01. The van der Waals surface area contributed by atoms with E-state index in [0.29, 0.717) is 6.04 Å². The summed E-state index contributed by atoms with van der Waals surface area (Å²) in [6.07, 6.45) is 4.19. The van der Waals surface area contributed by atoms with E-state index in [1.165, 1.54) is 12.8 Å². The van der Waals surface area contributed by atoms with Gasteiger partial charge in [-0.15, -0.1) is 0 Å². The molecule has 2 aromatic heterocycles. The van der Waals surface area contributed by atoms with Crippen LogP contribution in [0.25, 0.3) is 22.6 Å². The van der Waals surface area contributed by atoms with Crippen molar-refractivity contribution < 1.29 is 0 Å². The maximum Gasteiger partial charge on any atom is 0.160 e. The predicted octanol–water partition coefficient (Wildman–Crippen LogP) is 3.78. The highest BCUT2D eigenvalue weighted by Gasteiger charge is 2.29. The summed E-state index contributed by atoms with van der Waals surface area (Å²) in [7, 11) is 0. The van der Waals surface area contributed by atoms with Gasteiger partial charge in [0.15, 0.2) is 5.65 Å². The highest BCUT2D eigenvalue weighted by molar-refractivity contribution is 9.10. The van der Waals surface area contributed by atoms with Crippen LogP contribution in [0.15, 0.2) is 41.0 Å². The zero-order valence-electron chi connectivity index (χ0n) is 10.8. The van der Waals surface area contributed by atoms with Crippen LogP contribution in [-0.4, -0.2) is 14.5 Å². The summed E-state index contributed by atoms with van der Waals surface area (Å²) >= 11 is 3.44. The Labute approximate surface area is 124 Å². The molecule has 0 radical (unpaired) electrons. The first-order chi connectivity index (χ1) is 9.74. The number of benzene rings is 1. The van der Waals surface area contributed by atoms with Crippen LogP contribution in [-0.2, 0) is 0 Å². The van der Waals surface area contributed by atoms with Gasteiger partial charge in [0.25, 0.3) is 0 Å². The number of nitrogens with zero attached hydrogens (tertiary/aromatic N) is 3. The van der Waals surface area contributed by atoms with Crippen molar-refractivity contribution in [3.8, 4) is 11.4 Å². The molecule has 20 heavy (non-hydrogen) atoms. The maximum absolute atomic E-state index is 6.16. The zero-order chi connectivity index (χ0) is 13.7. The molecule has 4 rings (SSSR count). The molecule has 2 N–H and O–H groups in total. The fourth-order valence-corrected chi connectivity index (χ4v) is 2.91. The van der Waals surface area contributed by atoms with Gasteiger partial charge < -0.3 is 10.3 Å². The topological polar surface area (TPSA) is 56.7 Å². The minimum absolute atomic E-state index is 0.507. The van der Waals surface area contributed by atoms with Crippen LogP contribution in [0.1, 0.15) is 18.9 Å². The molecule has 0 saturated heterocycles. The van der Waals surface area contributed by atoms with Crippen LogP contribution in [0.4, 0.5) is 5.69 Å². The van der Waals surface area contributed by atoms with Crippen molar-refractivity contribution in [1.82, 2.24) is 14.5 Å². The number of hydrogen-bond donors (Lipinski definition) is 1. The van der Waals surface area contributed by atoms with Gasteiger partial charge in [-0.2, -0.15) is 0 Å². The second kappa shape index (κ2) is 4.31. The fourth-order valence-electron chi connectivity index (χ4n) is 2.54. The van der Waals surface area contributed by atoms with Crippen molar-refractivity contribution >= 4 is 32.8 Å². The number of pyridine rings is 1. The number of nitrogen functional groups attached to an aromatic ring is 1. The van der Waals surface area contributed by atoms with Crippen LogP contribution in [0.5, 0.6) is 0 Å². The molecule has 100 valence electrons. The zero-order valence-corrected chi connectivity index (χ0v) is 12.3. The molecule has 1 aliphatic rings. The maximum atomic E-state index is 6.16. The second-order valence-corrected chi connectivity index (χ2v) is 6.03. The summed E-state index contributed by atoms with van der Waals surface area (Å²) < 4.78 is 3.21. The standard InChI is InChI=1S/C15H13BrN4/c16-9-3-6-11(12(17)8-9)14-19-13-2-1-7-18-15(13)20(14)10-4-5-10/h1-3,6-8,10H,4-5,17H2. The van der Waals surface area contributed by atoms with Gasteiger partial charge in [0.2, 0.25) is 0 Å². The molecular weight excluding hydrogens is 316 g/mol. The number of aromatic nitrogens is 3. The van der Waals surface area contributed by atoms with Crippen LogP contribution in [0.2, 0.25) is 0 Å². The largest absolute Gasteiger partial charge is 0.398 e. The minimum Gasteiger partial charge on any atom is -0.398 e.